The molecule has 3 N–H and O–H groups in total. The van der Waals surface area contributed by atoms with Gasteiger partial charge in [0.05, 0.1) is 5.56 Å². The Kier molecular flexibility index (Phi) is 3.64. The van der Waals surface area contributed by atoms with Crippen molar-refractivity contribution >= 4 is 17.5 Å². The third kappa shape index (κ3) is 3.17. The van der Waals surface area contributed by atoms with Crippen LogP contribution in [0.5, 0.6) is 0 Å². The summed E-state index contributed by atoms with van der Waals surface area (Å²) in [6.45, 7) is 0.381. The molecule has 1 aromatic rings. The number of carbonyl (C=O) groups excluding carboxylic acids is 1. The summed E-state index contributed by atoms with van der Waals surface area (Å²) in [7, 11) is 0. The van der Waals surface area contributed by atoms with Crippen molar-refractivity contribution in [2.75, 3.05) is 6.54 Å². The van der Waals surface area contributed by atoms with Gasteiger partial charge in [0.15, 0.2) is 0 Å². The predicted molar refractivity (Wildman–Crippen MR) is 64.4 cm³/mol. The van der Waals surface area contributed by atoms with Crippen LogP contribution >= 0.6 is 11.6 Å². The van der Waals surface area contributed by atoms with E-state index < -0.39 is 11.7 Å². The fourth-order valence-electron chi connectivity index (χ4n) is 1.67. The molecule has 0 bridgehead atoms. The molecule has 1 unspecified atom stereocenters. The van der Waals surface area contributed by atoms with Crippen LogP contribution in [0.25, 0.3) is 0 Å². The van der Waals surface area contributed by atoms with E-state index in [0.717, 1.165) is 18.9 Å². The molecule has 17 heavy (non-hydrogen) atoms. The molecule has 0 saturated heterocycles. The molecular formula is C12H14ClFN2O. The van der Waals surface area contributed by atoms with Crippen molar-refractivity contribution < 1.29 is 9.18 Å². The Morgan fingerprint density at radius 1 is 1.59 bits per heavy atom. The van der Waals surface area contributed by atoms with Gasteiger partial charge < -0.3 is 11.1 Å². The summed E-state index contributed by atoms with van der Waals surface area (Å²) in [5.41, 5.74) is 5.84. The molecular weight excluding hydrogens is 243 g/mol. The minimum atomic E-state index is -0.616. The number of rotatable bonds is 4. The third-order valence-electron chi connectivity index (χ3n) is 2.90. The molecule has 1 amide bonds. The van der Waals surface area contributed by atoms with Gasteiger partial charge in [-0.25, -0.2) is 4.39 Å². The lowest BCUT2D eigenvalue weighted by Crippen LogP contribution is -2.38. The van der Waals surface area contributed by atoms with Crippen molar-refractivity contribution in [1.82, 2.24) is 5.32 Å². The average molecular weight is 257 g/mol. The van der Waals surface area contributed by atoms with Gasteiger partial charge in [0.25, 0.3) is 5.91 Å². The molecule has 0 heterocycles. The SMILES string of the molecule is NC(CNC(=O)c1ccc(Cl)cc1F)C1CC1. The van der Waals surface area contributed by atoms with E-state index >= 15 is 0 Å². The van der Waals surface area contributed by atoms with Crippen LogP contribution < -0.4 is 11.1 Å². The number of nitrogens with one attached hydrogen (secondary N) is 1. The molecule has 0 radical (unpaired) electrons. The standard InChI is InChI=1S/C12H14ClFN2O/c13-8-3-4-9(10(14)5-8)12(17)16-6-11(15)7-1-2-7/h3-5,7,11H,1-2,6,15H2,(H,16,17). The van der Waals surface area contributed by atoms with Crippen molar-refractivity contribution in [3.8, 4) is 0 Å². The molecule has 1 aliphatic carbocycles. The van der Waals surface area contributed by atoms with Crippen molar-refractivity contribution in [3.63, 3.8) is 0 Å². The first-order valence-electron chi connectivity index (χ1n) is 5.57. The van der Waals surface area contributed by atoms with Crippen LogP contribution in [0.15, 0.2) is 18.2 Å². The maximum absolute atomic E-state index is 13.4. The second-order valence-electron chi connectivity index (χ2n) is 4.34. The van der Waals surface area contributed by atoms with Gasteiger partial charge in [-0.2, -0.15) is 0 Å². The maximum Gasteiger partial charge on any atom is 0.254 e. The largest absolute Gasteiger partial charge is 0.350 e. The Morgan fingerprint density at radius 2 is 2.29 bits per heavy atom. The number of nitrogens with two attached hydrogens (primary N) is 1. The molecule has 5 heteroatoms. The summed E-state index contributed by atoms with van der Waals surface area (Å²) in [5.74, 6) is -0.560. The lowest BCUT2D eigenvalue weighted by Gasteiger charge is -2.11. The summed E-state index contributed by atoms with van der Waals surface area (Å²) in [6, 6.07) is 3.95. The van der Waals surface area contributed by atoms with Crippen molar-refractivity contribution in [2.24, 2.45) is 11.7 Å². The number of amides is 1. The Bertz CT molecular complexity index is 435. The molecule has 2 rings (SSSR count). The number of benzene rings is 1. The molecule has 1 aliphatic rings. The monoisotopic (exact) mass is 256 g/mol. The topological polar surface area (TPSA) is 55.1 Å². The van der Waals surface area contributed by atoms with Crippen LogP contribution in [-0.2, 0) is 0 Å². The molecule has 1 atom stereocenters. The zero-order chi connectivity index (χ0) is 12.4. The van der Waals surface area contributed by atoms with Gasteiger partial charge in [-0.15, -0.1) is 0 Å². The molecule has 92 valence electrons. The Morgan fingerprint density at radius 3 is 2.88 bits per heavy atom. The zero-order valence-electron chi connectivity index (χ0n) is 9.25. The summed E-state index contributed by atoms with van der Waals surface area (Å²) >= 11 is 5.61. The average Bonchev–Trinajstić information content (AvgIpc) is 3.09. The first-order valence-corrected chi connectivity index (χ1v) is 5.94. The van der Waals surface area contributed by atoms with E-state index in [4.69, 9.17) is 17.3 Å². The molecule has 1 fully saturated rings. The summed E-state index contributed by atoms with van der Waals surface area (Å²) in [4.78, 5) is 11.7. The minimum Gasteiger partial charge on any atom is -0.350 e. The van der Waals surface area contributed by atoms with Crippen LogP contribution in [-0.4, -0.2) is 18.5 Å². The fourth-order valence-corrected chi connectivity index (χ4v) is 1.83. The van der Waals surface area contributed by atoms with Gasteiger partial charge >= 0.3 is 0 Å². The molecule has 3 nitrogen and oxygen atoms in total. The van der Waals surface area contributed by atoms with E-state index in [2.05, 4.69) is 5.32 Å². The van der Waals surface area contributed by atoms with Crippen molar-refractivity contribution in [3.05, 3.63) is 34.6 Å². The highest BCUT2D eigenvalue weighted by molar-refractivity contribution is 6.30. The number of carbonyl (C=O) groups is 1. The third-order valence-corrected chi connectivity index (χ3v) is 3.14. The smallest absolute Gasteiger partial charge is 0.254 e. The lowest BCUT2D eigenvalue weighted by molar-refractivity contribution is 0.0946. The molecule has 0 spiro atoms. The highest BCUT2D eigenvalue weighted by Gasteiger charge is 2.28. The fraction of sp³-hybridized carbons (Fsp3) is 0.417. The van der Waals surface area contributed by atoms with Gasteiger partial charge in [-0.05, 0) is 37.0 Å². The zero-order valence-corrected chi connectivity index (χ0v) is 10.0. The van der Waals surface area contributed by atoms with Gasteiger partial charge in [-0.1, -0.05) is 11.6 Å². The van der Waals surface area contributed by atoms with E-state index in [0.29, 0.717) is 12.5 Å². The first kappa shape index (κ1) is 12.3. The van der Waals surface area contributed by atoms with Crippen LogP contribution in [0.4, 0.5) is 4.39 Å². The van der Waals surface area contributed by atoms with Crippen molar-refractivity contribution in [2.45, 2.75) is 18.9 Å². The summed E-state index contributed by atoms with van der Waals surface area (Å²) in [6.07, 6.45) is 2.23. The van der Waals surface area contributed by atoms with Gasteiger partial charge in [0, 0.05) is 17.6 Å². The Balaban J connectivity index is 1.94. The highest BCUT2D eigenvalue weighted by Crippen LogP contribution is 2.31. The molecule has 1 aromatic carbocycles. The number of hydrogen-bond donors (Lipinski definition) is 2. The van der Waals surface area contributed by atoms with Gasteiger partial charge in [0.1, 0.15) is 5.82 Å². The second kappa shape index (κ2) is 5.02. The summed E-state index contributed by atoms with van der Waals surface area (Å²) in [5, 5.41) is 2.91. The van der Waals surface area contributed by atoms with Crippen LogP contribution in [0.1, 0.15) is 23.2 Å². The van der Waals surface area contributed by atoms with Gasteiger partial charge in [0.2, 0.25) is 0 Å². The van der Waals surface area contributed by atoms with Crippen LogP contribution in [0, 0.1) is 11.7 Å². The first-order chi connectivity index (χ1) is 8.08. The second-order valence-corrected chi connectivity index (χ2v) is 4.77. The van der Waals surface area contributed by atoms with Crippen LogP contribution in [0.3, 0.4) is 0 Å². The maximum atomic E-state index is 13.4. The van der Waals surface area contributed by atoms with E-state index in [1.165, 1.54) is 12.1 Å². The van der Waals surface area contributed by atoms with E-state index in [1.54, 1.807) is 0 Å². The van der Waals surface area contributed by atoms with E-state index in [-0.39, 0.29) is 16.6 Å². The molecule has 0 aliphatic heterocycles. The summed E-state index contributed by atoms with van der Waals surface area (Å²) < 4.78 is 13.4. The Labute approximate surface area is 104 Å². The van der Waals surface area contributed by atoms with Gasteiger partial charge in [-0.3, -0.25) is 4.79 Å². The van der Waals surface area contributed by atoms with Crippen molar-refractivity contribution in [1.29, 1.82) is 0 Å². The normalized spacial score (nSPS) is 16.6. The molecule has 1 saturated carbocycles. The quantitative estimate of drug-likeness (QED) is 0.865. The minimum absolute atomic E-state index is 0.00241. The van der Waals surface area contributed by atoms with Crippen LogP contribution in [0.2, 0.25) is 5.02 Å². The van der Waals surface area contributed by atoms with E-state index in [9.17, 15) is 9.18 Å². The number of halogens is 2. The van der Waals surface area contributed by atoms with E-state index in [1.807, 2.05) is 0 Å². The Hall–Kier alpha value is -1.13. The lowest BCUT2D eigenvalue weighted by atomic mass is 10.1. The highest BCUT2D eigenvalue weighted by atomic mass is 35.5. The predicted octanol–water partition coefficient (Wildman–Crippen LogP) is 1.95. The number of hydrogen-bond acceptors (Lipinski definition) is 2. The molecule has 0 aromatic heterocycles.